The molecule has 0 aliphatic carbocycles. The molecule has 0 radical (unpaired) electrons. The number of aromatic amines is 1. The Kier molecular flexibility index (Phi) is 4.81. The fourth-order valence-electron chi connectivity index (χ4n) is 3.66. The fourth-order valence-corrected chi connectivity index (χ4v) is 3.78. The fraction of sp³-hybridized carbons (Fsp3) is 0.286. The predicted molar refractivity (Wildman–Crippen MR) is 104 cm³/mol. The van der Waals surface area contributed by atoms with Crippen molar-refractivity contribution in [3.05, 3.63) is 76.9 Å². The summed E-state index contributed by atoms with van der Waals surface area (Å²) in [7, 11) is 0. The second-order valence-electron chi connectivity index (χ2n) is 6.95. The Hall–Kier alpha value is -2.14. The second-order valence-corrected chi connectivity index (χ2v) is 7.39. The molecule has 0 bridgehead atoms. The van der Waals surface area contributed by atoms with Gasteiger partial charge in [0.1, 0.15) is 0 Å². The zero-order valence-corrected chi connectivity index (χ0v) is 15.3. The number of nitrogens with one attached hydrogen (secondary N) is 1. The van der Waals surface area contributed by atoms with Crippen LogP contribution < -0.4 is 0 Å². The summed E-state index contributed by atoms with van der Waals surface area (Å²) in [5, 5.41) is 19.1. The molecule has 2 aromatic carbocycles. The van der Waals surface area contributed by atoms with Gasteiger partial charge in [0.05, 0.1) is 17.5 Å². The van der Waals surface area contributed by atoms with Crippen molar-refractivity contribution in [3.8, 4) is 11.3 Å². The maximum Gasteiger partial charge on any atom is 0.0920 e. The lowest BCUT2D eigenvalue weighted by Crippen LogP contribution is -2.42. The van der Waals surface area contributed by atoms with Crippen molar-refractivity contribution in [1.29, 1.82) is 0 Å². The topological polar surface area (TPSA) is 52.1 Å². The quantitative estimate of drug-likeness (QED) is 0.726. The second kappa shape index (κ2) is 7.23. The molecule has 0 spiro atoms. The first kappa shape index (κ1) is 17.3. The molecule has 0 amide bonds. The minimum Gasteiger partial charge on any atom is -0.385 e. The highest BCUT2D eigenvalue weighted by atomic mass is 35.5. The zero-order chi connectivity index (χ0) is 18.0. The van der Waals surface area contributed by atoms with Gasteiger partial charge in [-0.25, -0.2) is 0 Å². The van der Waals surface area contributed by atoms with E-state index in [1.165, 1.54) is 5.56 Å². The van der Waals surface area contributed by atoms with Crippen molar-refractivity contribution in [3.63, 3.8) is 0 Å². The molecule has 134 valence electrons. The maximum absolute atomic E-state index is 11.0. The average molecular weight is 368 g/mol. The highest BCUT2D eigenvalue weighted by Crippen LogP contribution is 2.34. The molecule has 26 heavy (non-hydrogen) atoms. The van der Waals surface area contributed by atoms with E-state index >= 15 is 0 Å². The first-order chi connectivity index (χ1) is 12.6. The first-order valence-electron chi connectivity index (χ1n) is 8.92. The molecular formula is C21H22ClN3O. The number of piperidine rings is 1. The van der Waals surface area contributed by atoms with Gasteiger partial charge in [-0.1, -0.05) is 54.1 Å². The molecular weight excluding hydrogens is 346 g/mol. The lowest BCUT2D eigenvalue weighted by atomic mass is 9.84. The first-order valence-corrected chi connectivity index (χ1v) is 9.30. The average Bonchev–Trinajstić information content (AvgIpc) is 3.13. The van der Waals surface area contributed by atoms with Crippen LogP contribution in [-0.2, 0) is 12.1 Å². The van der Waals surface area contributed by atoms with Crippen molar-refractivity contribution in [2.45, 2.75) is 25.0 Å². The van der Waals surface area contributed by atoms with Gasteiger partial charge in [-0.2, -0.15) is 5.10 Å². The van der Waals surface area contributed by atoms with Gasteiger partial charge in [0.2, 0.25) is 0 Å². The number of hydrogen-bond donors (Lipinski definition) is 2. The third kappa shape index (κ3) is 3.54. The van der Waals surface area contributed by atoms with Crippen molar-refractivity contribution in [2.24, 2.45) is 0 Å². The Morgan fingerprint density at radius 2 is 1.73 bits per heavy atom. The molecule has 0 saturated carbocycles. The van der Waals surface area contributed by atoms with Crippen LogP contribution in [0.2, 0.25) is 5.02 Å². The smallest absolute Gasteiger partial charge is 0.0920 e. The molecule has 3 aromatic rings. The van der Waals surface area contributed by atoms with E-state index in [0.717, 1.165) is 36.5 Å². The van der Waals surface area contributed by atoms with Crippen molar-refractivity contribution >= 4 is 11.6 Å². The molecule has 1 aliphatic heterocycles. The van der Waals surface area contributed by atoms with Gasteiger partial charge in [-0.3, -0.25) is 10.00 Å². The normalized spacial score (nSPS) is 17.3. The monoisotopic (exact) mass is 367 g/mol. The summed E-state index contributed by atoms with van der Waals surface area (Å²) in [6, 6.07) is 17.8. The summed E-state index contributed by atoms with van der Waals surface area (Å²) < 4.78 is 0. The third-order valence-corrected chi connectivity index (χ3v) is 5.49. The molecule has 1 aliphatic rings. The van der Waals surface area contributed by atoms with Crippen LogP contribution in [0.4, 0.5) is 0 Å². The van der Waals surface area contributed by atoms with Crippen LogP contribution in [0.1, 0.15) is 24.0 Å². The molecule has 0 atom stereocenters. The SMILES string of the molecule is OC1(c2ccc(Cl)cc2)CCN(Cc2cn[nH]c2-c2ccccc2)CC1. The third-order valence-electron chi connectivity index (χ3n) is 5.24. The highest BCUT2D eigenvalue weighted by molar-refractivity contribution is 6.30. The Labute approximate surface area is 158 Å². The summed E-state index contributed by atoms with van der Waals surface area (Å²) in [6.45, 7) is 2.52. The van der Waals surface area contributed by atoms with Gasteiger partial charge in [0.25, 0.3) is 0 Å². The van der Waals surface area contributed by atoms with Crippen molar-refractivity contribution in [1.82, 2.24) is 15.1 Å². The number of likely N-dealkylation sites (tertiary alicyclic amines) is 1. The Morgan fingerprint density at radius 3 is 2.42 bits per heavy atom. The van der Waals surface area contributed by atoms with E-state index in [1.54, 1.807) is 0 Å². The van der Waals surface area contributed by atoms with Crippen LogP contribution >= 0.6 is 11.6 Å². The highest BCUT2D eigenvalue weighted by Gasteiger charge is 2.34. The van der Waals surface area contributed by atoms with Gasteiger partial charge >= 0.3 is 0 Å². The number of aromatic nitrogens is 2. The van der Waals surface area contributed by atoms with Gasteiger partial charge < -0.3 is 5.11 Å². The summed E-state index contributed by atoms with van der Waals surface area (Å²) in [6.07, 6.45) is 3.34. The Morgan fingerprint density at radius 1 is 1.04 bits per heavy atom. The molecule has 5 heteroatoms. The van der Waals surface area contributed by atoms with Crippen molar-refractivity contribution in [2.75, 3.05) is 13.1 Å². The van der Waals surface area contributed by atoms with E-state index in [4.69, 9.17) is 11.6 Å². The minimum atomic E-state index is -0.764. The molecule has 1 saturated heterocycles. The number of nitrogens with zero attached hydrogens (tertiary/aromatic N) is 2. The summed E-state index contributed by atoms with van der Waals surface area (Å²) in [5.41, 5.74) is 3.60. The van der Waals surface area contributed by atoms with Crippen LogP contribution in [0.5, 0.6) is 0 Å². The number of aliphatic hydroxyl groups is 1. The van der Waals surface area contributed by atoms with E-state index in [9.17, 15) is 5.11 Å². The van der Waals surface area contributed by atoms with Gasteiger partial charge in [-0.15, -0.1) is 0 Å². The van der Waals surface area contributed by atoms with Crippen LogP contribution in [0.3, 0.4) is 0 Å². The number of hydrogen-bond acceptors (Lipinski definition) is 3. The molecule has 2 N–H and O–H groups in total. The number of H-pyrrole nitrogens is 1. The lowest BCUT2D eigenvalue weighted by Gasteiger charge is -2.38. The largest absolute Gasteiger partial charge is 0.385 e. The number of benzene rings is 2. The Bertz CT molecular complexity index is 852. The molecule has 1 fully saturated rings. The molecule has 0 unspecified atom stereocenters. The summed E-state index contributed by atoms with van der Waals surface area (Å²) in [4.78, 5) is 2.38. The van der Waals surface area contributed by atoms with Crippen LogP contribution in [0.15, 0.2) is 60.8 Å². The molecule has 4 nitrogen and oxygen atoms in total. The van der Waals surface area contributed by atoms with E-state index < -0.39 is 5.60 Å². The van der Waals surface area contributed by atoms with Crippen LogP contribution in [0.25, 0.3) is 11.3 Å². The lowest BCUT2D eigenvalue weighted by molar-refractivity contribution is -0.0277. The molecule has 1 aromatic heterocycles. The minimum absolute atomic E-state index is 0.697. The van der Waals surface area contributed by atoms with E-state index in [1.807, 2.05) is 48.7 Å². The predicted octanol–water partition coefficient (Wildman–Crippen LogP) is 4.21. The standard InChI is InChI=1S/C21H22ClN3O/c22-19-8-6-18(7-9-19)21(26)10-12-25(13-11-21)15-17-14-23-24-20(17)16-4-2-1-3-5-16/h1-9,14,26H,10-13,15H2,(H,23,24). The van der Waals surface area contributed by atoms with Gasteiger partial charge in [-0.05, 0) is 36.1 Å². The van der Waals surface area contributed by atoms with E-state index in [0.29, 0.717) is 17.9 Å². The maximum atomic E-state index is 11.0. The van der Waals surface area contributed by atoms with Gasteiger partial charge in [0, 0.05) is 30.2 Å². The summed E-state index contributed by atoms with van der Waals surface area (Å²) in [5.74, 6) is 0. The molecule has 2 heterocycles. The zero-order valence-electron chi connectivity index (χ0n) is 14.5. The van der Waals surface area contributed by atoms with E-state index in [-0.39, 0.29) is 0 Å². The summed E-state index contributed by atoms with van der Waals surface area (Å²) >= 11 is 5.97. The van der Waals surface area contributed by atoms with Crippen LogP contribution in [-0.4, -0.2) is 33.3 Å². The van der Waals surface area contributed by atoms with Crippen LogP contribution in [0, 0.1) is 0 Å². The molecule has 4 rings (SSSR count). The van der Waals surface area contributed by atoms with Gasteiger partial charge in [0.15, 0.2) is 0 Å². The Balaban J connectivity index is 1.44. The number of rotatable bonds is 4. The number of halogens is 1. The van der Waals surface area contributed by atoms with E-state index in [2.05, 4.69) is 27.2 Å². The van der Waals surface area contributed by atoms with Crippen molar-refractivity contribution < 1.29 is 5.11 Å².